The summed E-state index contributed by atoms with van der Waals surface area (Å²) >= 11 is 1.66. The first-order valence-electron chi connectivity index (χ1n) is 5.05. The molecular weight excluding hydrogens is 234 g/mol. The maximum absolute atomic E-state index is 10.7. The van der Waals surface area contributed by atoms with Gasteiger partial charge in [0, 0.05) is 16.7 Å². The Morgan fingerprint density at radius 2 is 2.00 bits per heavy atom. The monoisotopic (exact) mass is 245 g/mol. The Morgan fingerprint density at radius 3 is 2.59 bits per heavy atom. The summed E-state index contributed by atoms with van der Waals surface area (Å²) in [6.07, 6.45) is 3.61. The molecule has 17 heavy (non-hydrogen) atoms. The molecular formula is C13H11NO2S. The summed E-state index contributed by atoms with van der Waals surface area (Å²) in [6, 6.07) is 11.3. The van der Waals surface area contributed by atoms with Gasteiger partial charge in [0.25, 0.3) is 0 Å². The van der Waals surface area contributed by atoms with E-state index in [1.807, 2.05) is 30.5 Å². The summed E-state index contributed by atoms with van der Waals surface area (Å²) in [6.45, 7) is 0. The maximum Gasteiger partial charge on any atom is 0.354 e. The Kier molecular flexibility index (Phi) is 3.44. The zero-order valence-corrected chi connectivity index (χ0v) is 10.1. The molecule has 0 bridgehead atoms. The molecule has 0 unspecified atom stereocenters. The van der Waals surface area contributed by atoms with E-state index in [2.05, 4.69) is 4.98 Å². The topological polar surface area (TPSA) is 50.2 Å². The number of carbonyl (C=O) groups is 1. The smallest absolute Gasteiger partial charge is 0.354 e. The molecule has 1 aromatic heterocycles. The van der Waals surface area contributed by atoms with E-state index in [0.29, 0.717) is 0 Å². The van der Waals surface area contributed by atoms with Crippen LogP contribution in [-0.2, 0) is 0 Å². The summed E-state index contributed by atoms with van der Waals surface area (Å²) in [5.74, 6) is -1.00. The highest BCUT2D eigenvalue weighted by molar-refractivity contribution is 7.98. The predicted octanol–water partition coefficient (Wildman–Crippen LogP) is 3.17. The third-order valence-electron chi connectivity index (χ3n) is 2.40. The van der Waals surface area contributed by atoms with E-state index in [1.165, 1.54) is 6.07 Å². The van der Waals surface area contributed by atoms with Crippen LogP contribution in [-0.4, -0.2) is 22.3 Å². The van der Waals surface area contributed by atoms with E-state index < -0.39 is 5.97 Å². The van der Waals surface area contributed by atoms with Gasteiger partial charge in [-0.15, -0.1) is 11.8 Å². The third kappa shape index (κ3) is 2.47. The molecule has 0 atom stereocenters. The van der Waals surface area contributed by atoms with Crippen molar-refractivity contribution in [2.45, 2.75) is 4.90 Å². The normalized spacial score (nSPS) is 10.2. The lowest BCUT2D eigenvalue weighted by Gasteiger charge is -2.06. The molecule has 0 aliphatic heterocycles. The fourth-order valence-corrected chi connectivity index (χ4v) is 2.18. The summed E-state index contributed by atoms with van der Waals surface area (Å²) in [5, 5.41) is 8.78. The van der Waals surface area contributed by atoms with Crippen LogP contribution in [0.5, 0.6) is 0 Å². The van der Waals surface area contributed by atoms with Crippen molar-refractivity contribution in [2.75, 3.05) is 6.26 Å². The van der Waals surface area contributed by atoms with Gasteiger partial charge in [-0.05, 0) is 24.0 Å². The summed E-state index contributed by atoms with van der Waals surface area (Å²) in [4.78, 5) is 15.8. The van der Waals surface area contributed by atoms with Gasteiger partial charge in [0.15, 0.2) is 0 Å². The van der Waals surface area contributed by atoms with Crippen LogP contribution in [0.25, 0.3) is 11.1 Å². The lowest BCUT2D eigenvalue weighted by molar-refractivity contribution is 0.0690. The van der Waals surface area contributed by atoms with Crippen LogP contribution in [0, 0.1) is 0 Å². The molecule has 0 saturated carbocycles. The lowest BCUT2D eigenvalue weighted by atomic mass is 10.1. The molecule has 0 saturated heterocycles. The molecule has 2 aromatic rings. The van der Waals surface area contributed by atoms with Gasteiger partial charge in [-0.25, -0.2) is 9.78 Å². The standard InChI is InChI=1S/C13H11NO2S/c1-17-12-5-3-2-4-10(12)9-6-7-11(13(15)16)14-8-9/h2-8H,1H3,(H,15,16). The van der Waals surface area contributed by atoms with Crippen LogP contribution >= 0.6 is 11.8 Å². The first-order chi connectivity index (χ1) is 8.22. The molecule has 1 aromatic carbocycles. The number of carboxylic acid groups (broad SMARTS) is 1. The maximum atomic E-state index is 10.7. The van der Waals surface area contributed by atoms with Crippen LogP contribution < -0.4 is 0 Å². The van der Waals surface area contributed by atoms with Crippen molar-refractivity contribution in [3.05, 3.63) is 48.3 Å². The first-order valence-corrected chi connectivity index (χ1v) is 6.27. The van der Waals surface area contributed by atoms with Crippen LogP contribution in [0.15, 0.2) is 47.5 Å². The van der Waals surface area contributed by atoms with E-state index in [1.54, 1.807) is 24.0 Å². The molecule has 0 radical (unpaired) electrons. The second-order valence-corrected chi connectivity index (χ2v) is 4.29. The Balaban J connectivity index is 2.43. The average Bonchev–Trinajstić information content (AvgIpc) is 2.39. The van der Waals surface area contributed by atoms with Gasteiger partial charge < -0.3 is 5.11 Å². The van der Waals surface area contributed by atoms with Crippen LogP contribution in [0.4, 0.5) is 0 Å². The molecule has 0 fully saturated rings. The minimum absolute atomic E-state index is 0.0652. The average molecular weight is 245 g/mol. The van der Waals surface area contributed by atoms with Crippen molar-refractivity contribution in [1.82, 2.24) is 4.98 Å². The summed E-state index contributed by atoms with van der Waals surface area (Å²) in [7, 11) is 0. The van der Waals surface area contributed by atoms with Crippen molar-refractivity contribution in [2.24, 2.45) is 0 Å². The number of benzene rings is 1. The van der Waals surface area contributed by atoms with Crippen molar-refractivity contribution in [3.63, 3.8) is 0 Å². The molecule has 0 spiro atoms. The van der Waals surface area contributed by atoms with Gasteiger partial charge in [0.1, 0.15) is 5.69 Å². The number of hydrogen-bond acceptors (Lipinski definition) is 3. The molecule has 2 rings (SSSR count). The van der Waals surface area contributed by atoms with Crippen LogP contribution in [0.1, 0.15) is 10.5 Å². The second kappa shape index (κ2) is 5.01. The van der Waals surface area contributed by atoms with Gasteiger partial charge in [0.05, 0.1) is 0 Å². The zero-order valence-electron chi connectivity index (χ0n) is 9.25. The number of thioether (sulfide) groups is 1. The lowest BCUT2D eigenvalue weighted by Crippen LogP contribution is -1.99. The molecule has 1 heterocycles. The van der Waals surface area contributed by atoms with Crippen LogP contribution in [0.3, 0.4) is 0 Å². The number of aromatic nitrogens is 1. The van der Waals surface area contributed by atoms with Gasteiger partial charge in [-0.2, -0.15) is 0 Å². The highest BCUT2D eigenvalue weighted by Crippen LogP contribution is 2.29. The number of aromatic carboxylic acids is 1. The van der Waals surface area contributed by atoms with E-state index >= 15 is 0 Å². The highest BCUT2D eigenvalue weighted by atomic mass is 32.2. The van der Waals surface area contributed by atoms with E-state index in [4.69, 9.17) is 5.11 Å². The van der Waals surface area contributed by atoms with Gasteiger partial charge in [-0.1, -0.05) is 24.3 Å². The SMILES string of the molecule is CSc1ccccc1-c1ccc(C(=O)O)nc1. The Bertz CT molecular complexity index is 537. The predicted molar refractivity (Wildman–Crippen MR) is 68.4 cm³/mol. The minimum Gasteiger partial charge on any atom is -0.477 e. The third-order valence-corrected chi connectivity index (χ3v) is 3.20. The number of hydrogen-bond donors (Lipinski definition) is 1. The fourth-order valence-electron chi connectivity index (χ4n) is 1.56. The van der Waals surface area contributed by atoms with Crippen molar-refractivity contribution in [1.29, 1.82) is 0 Å². The number of carboxylic acids is 1. The first kappa shape index (κ1) is 11.7. The summed E-state index contributed by atoms with van der Waals surface area (Å²) < 4.78 is 0. The second-order valence-electron chi connectivity index (χ2n) is 3.44. The number of rotatable bonds is 3. The fraction of sp³-hybridized carbons (Fsp3) is 0.0769. The minimum atomic E-state index is -1.00. The largest absolute Gasteiger partial charge is 0.477 e. The van der Waals surface area contributed by atoms with Gasteiger partial charge in [-0.3, -0.25) is 0 Å². The molecule has 0 aliphatic rings. The molecule has 86 valence electrons. The summed E-state index contributed by atoms with van der Waals surface area (Å²) in [5.41, 5.74) is 2.07. The Labute approximate surface area is 104 Å². The molecule has 0 aliphatic carbocycles. The van der Waals surface area contributed by atoms with Gasteiger partial charge >= 0.3 is 5.97 Å². The zero-order chi connectivity index (χ0) is 12.3. The van der Waals surface area contributed by atoms with Crippen molar-refractivity contribution in [3.8, 4) is 11.1 Å². The van der Waals surface area contributed by atoms with Crippen LogP contribution in [0.2, 0.25) is 0 Å². The Morgan fingerprint density at radius 1 is 1.24 bits per heavy atom. The number of pyridine rings is 1. The molecule has 3 nitrogen and oxygen atoms in total. The van der Waals surface area contributed by atoms with E-state index in [0.717, 1.165) is 16.0 Å². The molecule has 0 amide bonds. The highest BCUT2D eigenvalue weighted by Gasteiger charge is 2.07. The Hall–Kier alpha value is -1.81. The quantitative estimate of drug-likeness (QED) is 0.844. The van der Waals surface area contributed by atoms with Crippen molar-refractivity contribution < 1.29 is 9.90 Å². The van der Waals surface area contributed by atoms with Gasteiger partial charge in [0.2, 0.25) is 0 Å². The molecule has 1 N–H and O–H groups in total. The van der Waals surface area contributed by atoms with E-state index in [9.17, 15) is 4.79 Å². The molecule has 4 heteroatoms. The number of nitrogens with zero attached hydrogens (tertiary/aromatic N) is 1. The van der Waals surface area contributed by atoms with E-state index in [-0.39, 0.29) is 5.69 Å². The van der Waals surface area contributed by atoms with Crippen molar-refractivity contribution >= 4 is 17.7 Å².